The molecule has 0 fully saturated rings. The normalized spacial score (nSPS) is 9.69. The van der Waals surface area contributed by atoms with Gasteiger partial charge in [0.05, 0.1) is 13.7 Å². The second kappa shape index (κ2) is 4.84. The molecule has 0 aliphatic rings. The van der Waals surface area contributed by atoms with Gasteiger partial charge < -0.3 is 15.2 Å². The summed E-state index contributed by atoms with van der Waals surface area (Å²) in [6.07, 6.45) is 0. The average molecular weight is 201 g/mol. The van der Waals surface area contributed by atoms with E-state index in [1.807, 2.05) is 0 Å². The number of hydrogen-bond donors (Lipinski definition) is 2. The van der Waals surface area contributed by atoms with E-state index in [9.17, 15) is 4.79 Å². The van der Waals surface area contributed by atoms with Crippen molar-refractivity contribution in [3.63, 3.8) is 0 Å². The van der Waals surface area contributed by atoms with E-state index in [1.165, 1.54) is 18.4 Å². The molecule has 0 spiro atoms. The number of thiophene rings is 1. The smallest absolute Gasteiger partial charge is 0.265 e. The number of hydrogen-bond acceptors (Lipinski definition) is 4. The van der Waals surface area contributed by atoms with E-state index in [0.29, 0.717) is 10.6 Å². The zero-order valence-electron chi connectivity index (χ0n) is 7.24. The summed E-state index contributed by atoms with van der Waals surface area (Å²) in [5, 5.41) is 12.8. The summed E-state index contributed by atoms with van der Waals surface area (Å²) in [6, 6.07) is 1.73. The molecule has 1 rings (SSSR count). The van der Waals surface area contributed by atoms with Gasteiger partial charge >= 0.3 is 0 Å². The van der Waals surface area contributed by atoms with Crippen LogP contribution in [0.3, 0.4) is 0 Å². The largest absolute Gasteiger partial charge is 0.495 e. The molecule has 0 bridgehead atoms. The highest BCUT2D eigenvalue weighted by Gasteiger charge is 2.12. The van der Waals surface area contributed by atoms with Gasteiger partial charge in [0.2, 0.25) is 0 Å². The lowest BCUT2D eigenvalue weighted by Gasteiger charge is -2.02. The summed E-state index contributed by atoms with van der Waals surface area (Å²) in [7, 11) is 1.52. The average Bonchev–Trinajstić information content (AvgIpc) is 2.61. The van der Waals surface area contributed by atoms with E-state index < -0.39 is 0 Å². The summed E-state index contributed by atoms with van der Waals surface area (Å²) in [6.45, 7) is 0.208. The minimum atomic E-state index is -0.207. The van der Waals surface area contributed by atoms with Crippen LogP contribution >= 0.6 is 11.3 Å². The van der Waals surface area contributed by atoms with Crippen LogP contribution in [0.1, 0.15) is 9.67 Å². The van der Waals surface area contributed by atoms with Crippen LogP contribution in [0.15, 0.2) is 11.4 Å². The first-order valence-electron chi connectivity index (χ1n) is 3.80. The van der Waals surface area contributed by atoms with Crippen molar-refractivity contribution < 1.29 is 14.6 Å². The number of ether oxygens (including phenoxy) is 1. The number of methoxy groups -OCH3 is 1. The molecule has 0 unspecified atom stereocenters. The first-order valence-corrected chi connectivity index (χ1v) is 4.68. The molecule has 13 heavy (non-hydrogen) atoms. The van der Waals surface area contributed by atoms with Crippen LogP contribution in [0.2, 0.25) is 0 Å². The molecule has 0 aliphatic carbocycles. The topological polar surface area (TPSA) is 58.6 Å². The summed E-state index contributed by atoms with van der Waals surface area (Å²) in [5.74, 6) is 0.362. The monoisotopic (exact) mass is 201 g/mol. The first-order chi connectivity index (χ1) is 6.29. The van der Waals surface area contributed by atoms with Crippen molar-refractivity contribution in [2.75, 3.05) is 20.3 Å². The Labute approximate surface area is 80.2 Å². The van der Waals surface area contributed by atoms with E-state index in [1.54, 1.807) is 11.4 Å². The lowest BCUT2D eigenvalue weighted by molar-refractivity contribution is 0.0946. The summed E-state index contributed by atoms with van der Waals surface area (Å²) in [5.41, 5.74) is 0. The lowest BCUT2D eigenvalue weighted by atomic mass is 10.4. The van der Waals surface area contributed by atoms with Crippen LogP contribution in [-0.2, 0) is 0 Å². The summed E-state index contributed by atoms with van der Waals surface area (Å²) in [4.78, 5) is 11.9. The van der Waals surface area contributed by atoms with Crippen molar-refractivity contribution in [3.8, 4) is 5.75 Å². The summed E-state index contributed by atoms with van der Waals surface area (Å²) < 4.78 is 4.97. The number of carbonyl (C=O) groups is 1. The van der Waals surface area contributed by atoms with Gasteiger partial charge in [-0.3, -0.25) is 4.79 Å². The van der Waals surface area contributed by atoms with Crippen molar-refractivity contribution in [2.45, 2.75) is 0 Å². The van der Waals surface area contributed by atoms with E-state index in [2.05, 4.69) is 5.32 Å². The maximum Gasteiger partial charge on any atom is 0.265 e. The van der Waals surface area contributed by atoms with Gasteiger partial charge in [-0.2, -0.15) is 0 Å². The molecular weight excluding hydrogens is 190 g/mol. The maximum atomic E-state index is 11.4. The Hall–Kier alpha value is -1.07. The molecule has 5 heteroatoms. The van der Waals surface area contributed by atoms with E-state index in [0.717, 1.165) is 0 Å². The van der Waals surface area contributed by atoms with Crippen molar-refractivity contribution in [1.29, 1.82) is 0 Å². The Morgan fingerprint density at radius 2 is 2.54 bits per heavy atom. The highest BCUT2D eigenvalue weighted by atomic mass is 32.1. The molecule has 0 atom stereocenters. The predicted molar refractivity (Wildman–Crippen MR) is 50.3 cm³/mol. The molecule has 0 aromatic carbocycles. The Kier molecular flexibility index (Phi) is 3.72. The molecule has 1 amide bonds. The molecule has 0 saturated heterocycles. The number of rotatable bonds is 4. The van der Waals surface area contributed by atoms with Crippen LogP contribution in [0.5, 0.6) is 5.75 Å². The quantitative estimate of drug-likeness (QED) is 0.745. The SMILES string of the molecule is COc1ccsc1C(=O)NCCO. The molecule has 1 heterocycles. The third-order valence-electron chi connectivity index (χ3n) is 1.45. The van der Waals surface area contributed by atoms with Gasteiger partial charge in [0.1, 0.15) is 10.6 Å². The fraction of sp³-hybridized carbons (Fsp3) is 0.375. The highest BCUT2D eigenvalue weighted by molar-refractivity contribution is 7.12. The molecule has 0 radical (unpaired) electrons. The van der Waals surface area contributed by atoms with E-state index >= 15 is 0 Å². The third kappa shape index (κ3) is 2.43. The first kappa shape index (κ1) is 10.0. The molecule has 1 aromatic heterocycles. The van der Waals surface area contributed by atoms with Crippen LogP contribution < -0.4 is 10.1 Å². The maximum absolute atomic E-state index is 11.4. The second-order valence-electron chi connectivity index (χ2n) is 2.30. The van der Waals surface area contributed by atoms with E-state index in [-0.39, 0.29) is 19.1 Å². The molecule has 1 aromatic rings. The van der Waals surface area contributed by atoms with Crippen molar-refractivity contribution in [2.24, 2.45) is 0 Å². The number of aliphatic hydroxyl groups excluding tert-OH is 1. The molecular formula is C8H11NO3S. The number of aliphatic hydroxyl groups is 1. The molecule has 4 nitrogen and oxygen atoms in total. The second-order valence-corrected chi connectivity index (χ2v) is 3.21. The van der Waals surface area contributed by atoms with Crippen LogP contribution in [0.25, 0.3) is 0 Å². The molecule has 0 saturated carbocycles. The summed E-state index contributed by atoms with van der Waals surface area (Å²) >= 11 is 1.31. The van der Waals surface area contributed by atoms with Gasteiger partial charge in [-0.25, -0.2) is 0 Å². The lowest BCUT2D eigenvalue weighted by Crippen LogP contribution is -2.25. The fourth-order valence-corrected chi connectivity index (χ4v) is 1.65. The predicted octanol–water partition coefficient (Wildman–Crippen LogP) is 0.479. The standard InChI is InChI=1S/C8H11NO3S/c1-12-6-2-5-13-7(6)8(11)9-3-4-10/h2,5,10H,3-4H2,1H3,(H,9,11). The fourth-order valence-electron chi connectivity index (χ4n) is 0.873. The van der Waals surface area contributed by atoms with Crippen molar-refractivity contribution >= 4 is 17.2 Å². The van der Waals surface area contributed by atoms with Crippen molar-refractivity contribution in [1.82, 2.24) is 5.32 Å². The van der Waals surface area contributed by atoms with Crippen LogP contribution in [0, 0.1) is 0 Å². The van der Waals surface area contributed by atoms with Gasteiger partial charge in [-0.15, -0.1) is 11.3 Å². The Balaban J connectivity index is 2.65. The molecule has 0 aliphatic heterocycles. The van der Waals surface area contributed by atoms with Gasteiger partial charge in [0.25, 0.3) is 5.91 Å². The molecule has 2 N–H and O–H groups in total. The van der Waals surface area contributed by atoms with E-state index in [4.69, 9.17) is 9.84 Å². The van der Waals surface area contributed by atoms with Gasteiger partial charge in [0, 0.05) is 6.54 Å². The van der Waals surface area contributed by atoms with Crippen LogP contribution in [-0.4, -0.2) is 31.3 Å². The number of amides is 1. The third-order valence-corrected chi connectivity index (χ3v) is 2.35. The van der Waals surface area contributed by atoms with Crippen molar-refractivity contribution in [3.05, 3.63) is 16.3 Å². The minimum Gasteiger partial charge on any atom is -0.495 e. The Bertz CT molecular complexity index is 285. The van der Waals surface area contributed by atoms with Crippen LogP contribution in [0.4, 0.5) is 0 Å². The number of nitrogens with one attached hydrogen (secondary N) is 1. The minimum absolute atomic E-state index is 0.0561. The van der Waals surface area contributed by atoms with Gasteiger partial charge in [0.15, 0.2) is 0 Å². The number of carbonyl (C=O) groups excluding carboxylic acids is 1. The van der Waals surface area contributed by atoms with Gasteiger partial charge in [-0.05, 0) is 11.4 Å². The Morgan fingerprint density at radius 3 is 3.15 bits per heavy atom. The Morgan fingerprint density at radius 1 is 1.77 bits per heavy atom. The van der Waals surface area contributed by atoms with Gasteiger partial charge in [-0.1, -0.05) is 0 Å². The zero-order valence-corrected chi connectivity index (χ0v) is 8.06. The zero-order chi connectivity index (χ0) is 9.68. The highest BCUT2D eigenvalue weighted by Crippen LogP contribution is 2.23. The molecule has 72 valence electrons.